The molecule has 0 bridgehead atoms. The molecule has 3 heterocycles. The van der Waals surface area contributed by atoms with Crippen LogP contribution in [0.25, 0.3) is 5.82 Å². The van der Waals surface area contributed by atoms with Crippen molar-refractivity contribution in [3.05, 3.63) is 58.4 Å². The highest BCUT2D eigenvalue weighted by Gasteiger charge is 2.33. The van der Waals surface area contributed by atoms with Crippen LogP contribution in [0.4, 0.5) is 14.6 Å². The second-order valence-corrected chi connectivity index (χ2v) is 6.62. The monoisotopic (exact) mass is 405 g/mol. The van der Waals surface area contributed by atoms with Crippen LogP contribution in [0.3, 0.4) is 0 Å². The van der Waals surface area contributed by atoms with Crippen molar-refractivity contribution >= 4 is 23.3 Å². The Morgan fingerprint density at radius 1 is 1.29 bits per heavy atom. The fraction of sp³-hybridized carbons (Fsp3) is 0.222. The van der Waals surface area contributed by atoms with Crippen LogP contribution in [0.15, 0.2) is 36.4 Å². The topological polar surface area (TPSA) is 81.9 Å². The summed E-state index contributed by atoms with van der Waals surface area (Å²) >= 11 is 5.79. The van der Waals surface area contributed by atoms with Crippen LogP contribution in [-0.2, 0) is 4.79 Å². The van der Waals surface area contributed by atoms with Gasteiger partial charge in [0.05, 0.1) is 5.69 Å². The molecule has 10 heteroatoms. The summed E-state index contributed by atoms with van der Waals surface area (Å²) in [7, 11) is 0. The Morgan fingerprint density at radius 2 is 2.11 bits per heavy atom. The van der Waals surface area contributed by atoms with E-state index in [1.807, 2.05) is 6.92 Å². The van der Waals surface area contributed by atoms with Crippen LogP contribution in [0.5, 0.6) is 5.75 Å². The number of aromatic nitrogens is 4. The van der Waals surface area contributed by atoms with Gasteiger partial charge < -0.3 is 10.1 Å². The third kappa shape index (κ3) is 3.40. The van der Waals surface area contributed by atoms with Crippen molar-refractivity contribution in [2.75, 3.05) is 5.32 Å². The van der Waals surface area contributed by atoms with Crippen LogP contribution in [-0.4, -0.2) is 32.5 Å². The fourth-order valence-corrected chi connectivity index (χ4v) is 3.43. The molecule has 0 saturated heterocycles. The van der Waals surface area contributed by atoms with E-state index in [-0.39, 0.29) is 29.1 Å². The zero-order valence-corrected chi connectivity index (χ0v) is 15.3. The normalized spacial score (nSPS) is 16.0. The van der Waals surface area contributed by atoms with E-state index in [0.717, 1.165) is 5.56 Å². The Hall–Kier alpha value is -3.07. The first-order valence-corrected chi connectivity index (χ1v) is 8.74. The van der Waals surface area contributed by atoms with Gasteiger partial charge in [0, 0.05) is 17.9 Å². The minimum absolute atomic E-state index is 0.0358. The third-order valence-electron chi connectivity index (χ3n) is 4.42. The lowest BCUT2D eigenvalue weighted by atomic mass is 9.86. The molecule has 1 aliphatic rings. The number of carbonyl (C=O) groups excluding carboxylic acids is 1. The number of nitrogens with one attached hydrogen (secondary N) is 1. The average molecular weight is 406 g/mol. The first kappa shape index (κ1) is 18.3. The molecule has 3 aromatic rings. The number of nitrogens with zero attached hydrogens (tertiary/aromatic N) is 4. The van der Waals surface area contributed by atoms with Gasteiger partial charge in [-0.1, -0.05) is 23.7 Å². The molecule has 1 aliphatic heterocycles. The Bertz CT molecular complexity index is 1040. The van der Waals surface area contributed by atoms with E-state index in [9.17, 15) is 13.6 Å². The van der Waals surface area contributed by atoms with Crippen LogP contribution < -0.4 is 10.1 Å². The minimum atomic E-state index is -2.92. The fourth-order valence-electron chi connectivity index (χ4n) is 3.33. The number of benzene rings is 1. The number of aryl methyl sites for hydroxylation is 1. The maximum atomic E-state index is 12.6. The lowest BCUT2D eigenvalue weighted by molar-refractivity contribution is -0.116. The molecule has 2 aromatic heterocycles. The van der Waals surface area contributed by atoms with Crippen molar-refractivity contribution in [2.45, 2.75) is 25.9 Å². The summed E-state index contributed by atoms with van der Waals surface area (Å²) in [5.74, 6) is 0.313. The van der Waals surface area contributed by atoms with Crippen molar-refractivity contribution in [2.24, 2.45) is 0 Å². The average Bonchev–Trinajstić information content (AvgIpc) is 2.98. The molecular weight excluding hydrogens is 392 g/mol. The van der Waals surface area contributed by atoms with Crippen molar-refractivity contribution < 1.29 is 18.3 Å². The van der Waals surface area contributed by atoms with E-state index in [4.69, 9.17) is 11.6 Å². The highest BCUT2D eigenvalue weighted by atomic mass is 35.5. The summed E-state index contributed by atoms with van der Waals surface area (Å²) < 4.78 is 31.1. The molecule has 0 fully saturated rings. The number of carbonyl (C=O) groups is 1. The first-order chi connectivity index (χ1) is 13.4. The first-order valence-electron chi connectivity index (χ1n) is 8.36. The molecule has 0 aliphatic carbocycles. The largest absolute Gasteiger partial charge is 0.435 e. The molecule has 1 atom stereocenters. The summed E-state index contributed by atoms with van der Waals surface area (Å²) in [5.41, 5.74) is 2.14. The number of fused-ring (bicyclic) bond motifs is 1. The van der Waals surface area contributed by atoms with Crippen molar-refractivity contribution in [1.82, 2.24) is 20.0 Å². The van der Waals surface area contributed by atoms with Gasteiger partial charge in [0.2, 0.25) is 5.91 Å². The predicted molar refractivity (Wildman–Crippen MR) is 97.1 cm³/mol. The molecule has 0 spiro atoms. The number of ether oxygens (including phenoxy) is 1. The van der Waals surface area contributed by atoms with Gasteiger partial charge in [-0.3, -0.25) is 4.79 Å². The van der Waals surface area contributed by atoms with Gasteiger partial charge in [0.1, 0.15) is 11.6 Å². The minimum Gasteiger partial charge on any atom is -0.435 e. The number of halogens is 3. The molecule has 0 saturated carbocycles. The third-order valence-corrected chi connectivity index (χ3v) is 4.62. The van der Waals surface area contributed by atoms with E-state index in [1.165, 1.54) is 16.8 Å². The Kier molecular flexibility index (Phi) is 4.68. The maximum Gasteiger partial charge on any atom is 0.387 e. The van der Waals surface area contributed by atoms with Gasteiger partial charge in [0.25, 0.3) is 0 Å². The van der Waals surface area contributed by atoms with E-state index in [1.54, 1.807) is 24.3 Å². The van der Waals surface area contributed by atoms with Gasteiger partial charge in [0.15, 0.2) is 11.0 Å². The molecule has 1 amide bonds. The smallest absolute Gasteiger partial charge is 0.387 e. The van der Waals surface area contributed by atoms with Crippen LogP contribution in [0, 0.1) is 6.92 Å². The molecule has 0 unspecified atom stereocenters. The highest BCUT2D eigenvalue weighted by Crippen LogP contribution is 2.40. The predicted octanol–water partition coefficient (Wildman–Crippen LogP) is 3.70. The van der Waals surface area contributed by atoms with Crippen LogP contribution in [0.1, 0.15) is 29.2 Å². The lowest BCUT2D eigenvalue weighted by Gasteiger charge is -2.24. The molecule has 4 rings (SSSR count). The van der Waals surface area contributed by atoms with Crippen LogP contribution >= 0.6 is 11.6 Å². The number of hydrogen-bond donors (Lipinski definition) is 1. The number of anilines is 1. The quantitative estimate of drug-likeness (QED) is 0.715. The summed E-state index contributed by atoms with van der Waals surface area (Å²) in [6.07, 6.45) is 0.157. The Balaban J connectivity index is 1.80. The zero-order valence-electron chi connectivity index (χ0n) is 14.6. The van der Waals surface area contributed by atoms with E-state index in [0.29, 0.717) is 22.9 Å². The van der Waals surface area contributed by atoms with E-state index < -0.39 is 6.61 Å². The summed E-state index contributed by atoms with van der Waals surface area (Å²) in [6.45, 7) is -1.11. The SMILES string of the molecule is Cc1nn(-c2ccc(Cl)nn2)c2c1[C@@H](c1cccc(OC(F)F)c1)CC(=O)N2. The van der Waals surface area contributed by atoms with Crippen molar-refractivity contribution in [3.63, 3.8) is 0 Å². The molecule has 28 heavy (non-hydrogen) atoms. The van der Waals surface area contributed by atoms with Gasteiger partial charge >= 0.3 is 6.61 Å². The summed E-state index contributed by atoms with van der Waals surface area (Å²) in [4.78, 5) is 12.4. The summed E-state index contributed by atoms with van der Waals surface area (Å²) in [6, 6.07) is 9.54. The maximum absolute atomic E-state index is 12.6. The second kappa shape index (κ2) is 7.16. The Labute approximate surface area is 163 Å². The number of amides is 1. The number of hydrogen-bond acceptors (Lipinski definition) is 5. The number of alkyl halides is 2. The van der Waals surface area contributed by atoms with Gasteiger partial charge in [-0.25, -0.2) is 0 Å². The summed E-state index contributed by atoms with van der Waals surface area (Å²) in [5, 5.41) is 15.3. The van der Waals surface area contributed by atoms with E-state index in [2.05, 4.69) is 25.3 Å². The molecule has 0 radical (unpaired) electrons. The van der Waals surface area contributed by atoms with E-state index >= 15 is 0 Å². The molecular formula is C18H14ClF2N5O2. The number of rotatable bonds is 4. The van der Waals surface area contributed by atoms with Gasteiger partial charge in [-0.05, 0) is 36.8 Å². The zero-order chi connectivity index (χ0) is 19.8. The van der Waals surface area contributed by atoms with Crippen LogP contribution in [0.2, 0.25) is 5.15 Å². The van der Waals surface area contributed by atoms with Crippen molar-refractivity contribution in [3.8, 4) is 11.6 Å². The second-order valence-electron chi connectivity index (χ2n) is 6.23. The molecule has 7 nitrogen and oxygen atoms in total. The Morgan fingerprint density at radius 3 is 2.82 bits per heavy atom. The van der Waals surface area contributed by atoms with Gasteiger partial charge in [-0.2, -0.15) is 18.6 Å². The molecule has 1 N–H and O–H groups in total. The van der Waals surface area contributed by atoms with Gasteiger partial charge in [-0.15, -0.1) is 10.2 Å². The molecule has 1 aromatic carbocycles. The van der Waals surface area contributed by atoms with Crippen molar-refractivity contribution in [1.29, 1.82) is 0 Å². The standard InChI is InChI=1S/C18H14ClF2N5O2/c1-9-16-12(10-3-2-4-11(7-10)28-18(20)21)8-15(27)22-17(16)26(25-9)14-6-5-13(19)23-24-14/h2-7,12,18H,8H2,1H3,(H,22,27)/t12-/m1/s1. The molecule has 144 valence electrons. The lowest BCUT2D eigenvalue weighted by Crippen LogP contribution is -2.25. The highest BCUT2D eigenvalue weighted by molar-refractivity contribution is 6.29.